The topological polar surface area (TPSA) is 120 Å². The second-order valence-corrected chi connectivity index (χ2v) is 16.3. The Hall–Kier alpha value is -6.07. The molecule has 4 heterocycles. The first kappa shape index (κ1) is 38.2. The van der Waals surface area contributed by atoms with Crippen LogP contribution in [0.3, 0.4) is 0 Å². The highest BCUT2D eigenvalue weighted by atomic mass is 16.6. The quantitative estimate of drug-likeness (QED) is 0.102. The zero-order valence-corrected chi connectivity index (χ0v) is 32.8. The van der Waals surface area contributed by atoms with Crippen LogP contribution in [0.15, 0.2) is 103 Å². The van der Waals surface area contributed by atoms with Gasteiger partial charge in [0.15, 0.2) is 5.60 Å². The predicted molar refractivity (Wildman–Crippen MR) is 211 cm³/mol. The Bertz CT molecular complexity index is 2160. The molecule has 1 spiro atoms. The summed E-state index contributed by atoms with van der Waals surface area (Å²) in [5, 5.41) is 0. The van der Waals surface area contributed by atoms with Crippen LogP contribution < -0.4 is 19.1 Å². The maximum Gasteiger partial charge on any atom is 0.340 e. The van der Waals surface area contributed by atoms with Gasteiger partial charge in [0.2, 0.25) is 0 Å². The number of likely N-dealkylation sites (N-methyl/N-ethyl adjacent to an activating group) is 1. The zero-order chi connectivity index (χ0) is 39.8. The molecule has 2 aliphatic rings. The van der Waals surface area contributed by atoms with E-state index in [9.17, 15) is 14.4 Å². The fourth-order valence-corrected chi connectivity index (χ4v) is 6.63. The molecule has 0 amide bonds. The molecule has 0 fully saturated rings. The van der Waals surface area contributed by atoms with Crippen LogP contribution in [0.4, 0.5) is 5.69 Å². The van der Waals surface area contributed by atoms with Crippen LogP contribution in [0.25, 0.3) is 0 Å². The zero-order valence-electron chi connectivity index (χ0n) is 32.8. The number of anilines is 1. The molecule has 288 valence electrons. The molecule has 56 heavy (non-hydrogen) atoms. The number of ether oxygens (including phenoxy) is 4. The Morgan fingerprint density at radius 3 is 1.70 bits per heavy atom. The molecule has 2 aliphatic heterocycles. The van der Waals surface area contributed by atoms with Crippen molar-refractivity contribution < 1.29 is 33.3 Å². The van der Waals surface area contributed by atoms with Gasteiger partial charge in [-0.15, -0.1) is 0 Å². The minimum atomic E-state index is -1.42. The minimum Gasteiger partial charge on any atom is -0.456 e. The van der Waals surface area contributed by atoms with Crippen LogP contribution in [-0.2, 0) is 33.0 Å². The van der Waals surface area contributed by atoms with E-state index in [4.69, 9.17) is 18.9 Å². The number of carbonyl (C=O) groups is 3. The van der Waals surface area contributed by atoms with Gasteiger partial charge in [0.05, 0.1) is 27.8 Å². The number of rotatable bonds is 10. The number of nitrogens with zero attached hydrogens (tertiary/aromatic N) is 4. The lowest BCUT2D eigenvalue weighted by Gasteiger charge is -2.37. The molecule has 0 bridgehead atoms. The van der Waals surface area contributed by atoms with E-state index < -0.39 is 34.3 Å². The Morgan fingerprint density at radius 2 is 1.21 bits per heavy atom. The normalized spacial score (nSPS) is 14.0. The average molecular weight is 755 g/mol. The van der Waals surface area contributed by atoms with Gasteiger partial charge in [-0.1, -0.05) is 12.1 Å². The molecule has 7 rings (SSSR count). The Kier molecular flexibility index (Phi) is 10.2. The highest BCUT2D eigenvalue weighted by Crippen LogP contribution is 2.57. The van der Waals surface area contributed by atoms with Crippen molar-refractivity contribution in [3.63, 3.8) is 0 Å². The highest BCUT2D eigenvalue weighted by Gasteiger charge is 2.54. The molecule has 3 aromatic carbocycles. The summed E-state index contributed by atoms with van der Waals surface area (Å²) in [7, 11) is 2.02. The van der Waals surface area contributed by atoms with E-state index in [1.165, 1.54) is 0 Å². The highest BCUT2D eigenvalue weighted by molar-refractivity contribution is 5.97. The van der Waals surface area contributed by atoms with Crippen LogP contribution >= 0.6 is 0 Å². The molecule has 0 aliphatic carbocycles. The lowest BCUT2D eigenvalue weighted by molar-refractivity contribution is -0.143. The van der Waals surface area contributed by atoms with Crippen LogP contribution in [-0.4, -0.2) is 52.9 Å². The second-order valence-electron chi connectivity index (χ2n) is 16.3. The summed E-state index contributed by atoms with van der Waals surface area (Å²) < 4.78 is 24.4. The lowest BCUT2D eigenvalue weighted by Crippen LogP contribution is -2.34. The number of esters is 3. The maximum absolute atomic E-state index is 13.8. The van der Waals surface area contributed by atoms with Gasteiger partial charge in [-0.25, -0.2) is 4.79 Å². The van der Waals surface area contributed by atoms with Crippen molar-refractivity contribution >= 4 is 23.6 Å². The van der Waals surface area contributed by atoms with E-state index in [0.717, 1.165) is 17.1 Å². The number of hydrogen-bond donors (Lipinski definition) is 0. The molecule has 11 heteroatoms. The smallest absolute Gasteiger partial charge is 0.340 e. The average Bonchev–Trinajstić information content (AvgIpc) is 3.45. The molecule has 2 aromatic heterocycles. The summed E-state index contributed by atoms with van der Waals surface area (Å²) in [5.74, 6) is -0.109. The van der Waals surface area contributed by atoms with E-state index in [1.54, 1.807) is 96.4 Å². The van der Waals surface area contributed by atoms with Gasteiger partial charge in [0.1, 0.15) is 23.0 Å². The van der Waals surface area contributed by atoms with Gasteiger partial charge in [0.25, 0.3) is 0 Å². The predicted octanol–water partition coefficient (Wildman–Crippen LogP) is 8.09. The number of fused-ring (bicyclic) bond motifs is 6. The van der Waals surface area contributed by atoms with Crippen LogP contribution in [0.2, 0.25) is 0 Å². The molecule has 0 N–H and O–H groups in total. The van der Waals surface area contributed by atoms with Crippen molar-refractivity contribution in [2.75, 3.05) is 25.0 Å². The summed E-state index contributed by atoms with van der Waals surface area (Å²) in [5.41, 5.74) is 2.06. The molecule has 0 unspecified atom stereocenters. The third-order valence-electron chi connectivity index (χ3n) is 9.79. The SMILES string of the molecule is CN(CCN(Cc1ccccn1)Cc1ccccn1)c1ccc2c(c1)C1(OC2=O)c2ccc(OC(=O)C(C)(C)C)cc2Oc2cc(OC(=O)C(C)(C)C)ccc21. The van der Waals surface area contributed by atoms with Gasteiger partial charge in [-0.2, -0.15) is 0 Å². The van der Waals surface area contributed by atoms with E-state index in [-0.39, 0.29) is 11.5 Å². The molecular formula is C45H46N4O7. The molecule has 0 saturated heterocycles. The maximum atomic E-state index is 13.8. The van der Waals surface area contributed by atoms with Gasteiger partial charge >= 0.3 is 17.9 Å². The van der Waals surface area contributed by atoms with E-state index >= 15 is 0 Å². The van der Waals surface area contributed by atoms with E-state index in [1.807, 2.05) is 55.6 Å². The molecule has 11 nitrogen and oxygen atoms in total. The molecule has 0 atom stereocenters. The molecular weight excluding hydrogens is 709 g/mol. The van der Waals surface area contributed by atoms with Gasteiger partial charge in [0, 0.05) is 80.1 Å². The molecule has 0 saturated carbocycles. The monoisotopic (exact) mass is 754 g/mol. The molecule has 0 radical (unpaired) electrons. The Balaban J connectivity index is 1.25. The van der Waals surface area contributed by atoms with Gasteiger partial charge < -0.3 is 23.8 Å². The minimum absolute atomic E-state index is 0.275. The van der Waals surface area contributed by atoms with Crippen LogP contribution in [0.5, 0.6) is 23.0 Å². The van der Waals surface area contributed by atoms with Crippen molar-refractivity contribution in [3.8, 4) is 23.0 Å². The summed E-state index contributed by atoms with van der Waals surface area (Å²) in [4.78, 5) is 53.1. The Morgan fingerprint density at radius 1 is 0.679 bits per heavy atom. The van der Waals surface area contributed by atoms with Gasteiger partial charge in [-0.3, -0.25) is 24.5 Å². The molecule has 5 aromatic rings. The van der Waals surface area contributed by atoms with Crippen molar-refractivity contribution in [2.45, 2.75) is 60.2 Å². The number of hydrogen-bond acceptors (Lipinski definition) is 11. The van der Waals surface area contributed by atoms with Crippen molar-refractivity contribution in [2.24, 2.45) is 10.8 Å². The van der Waals surface area contributed by atoms with E-state index in [0.29, 0.717) is 59.9 Å². The number of carbonyl (C=O) groups excluding carboxylic acids is 3. The first-order valence-corrected chi connectivity index (χ1v) is 18.6. The van der Waals surface area contributed by atoms with Crippen molar-refractivity contribution in [1.82, 2.24) is 14.9 Å². The number of pyridine rings is 2. The largest absolute Gasteiger partial charge is 0.456 e. The van der Waals surface area contributed by atoms with E-state index in [2.05, 4.69) is 19.8 Å². The first-order valence-electron chi connectivity index (χ1n) is 18.6. The number of benzene rings is 3. The van der Waals surface area contributed by atoms with Gasteiger partial charge in [-0.05, 0) is 108 Å². The first-order chi connectivity index (χ1) is 26.6. The van der Waals surface area contributed by atoms with Crippen molar-refractivity contribution in [3.05, 3.63) is 137 Å². The summed E-state index contributed by atoms with van der Waals surface area (Å²) >= 11 is 0. The fraction of sp³-hybridized carbons (Fsp3) is 0.311. The van der Waals surface area contributed by atoms with Crippen LogP contribution in [0, 0.1) is 10.8 Å². The second kappa shape index (κ2) is 14.9. The fourth-order valence-electron chi connectivity index (χ4n) is 6.63. The summed E-state index contributed by atoms with van der Waals surface area (Å²) in [6, 6.07) is 27.7. The third kappa shape index (κ3) is 7.72. The lowest BCUT2D eigenvalue weighted by atomic mass is 9.77. The van der Waals surface area contributed by atoms with Crippen LogP contribution in [0.1, 0.15) is 80.0 Å². The Labute approximate surface area is 327 Å². The number of aromatic nitrogens is 2. The standard InChI is InChI=1S/C45H46N4O7/c1-43(2,3)41(51)53-32-15-18-35-38(25-32)55-39-26-33(54-42(52)44(4,5)6)16-19-36(39)45(35)37-24-31(14-17-34(37)40(50)56-45)48(7)22-23-49(27-29-12-8-10-20-46-29)28-30-13-9-11-21-47-30/h8-21,24-26H,22-23,27-28H2,1-7H3. The van der Waals surface area contributed by atoms with Crippen molar-refractivity contribution in [1.29, 1.82) is 0 Å². The summed E-state index contributed by atoms with van der Waals surface area (Å²) in [6.45, 7) is 13.3. The third-order valence-corrected chi connectivity index (χ3v) is 9.79. The summed E-state index contributed by atoms with van der Waals surface area (Å²) in [6.07, 6.45) is 3.60.